The molecule has 3 nitrogen and oxygen atoms in total. The Morgan fingerprint density at radius 1 is 1.19 bits per heavy atom. The number of hydrogen-bond acceptors (Lipinski definition) is 4. The van der Waals surface area contributed by atoms with Crippen molar-refractivity contribution in [2.45, 2.75) is 10.9 Å². The molecule has 1 heterocycles. The van der Waals surface area contributed by atoms with Crippen LogP contribution in [-0.4, -0.2) is 6.26 Å². The molecule has 0 saturated carbocycles. The topological polar surface area (TPSA) is 51.2 Å². The van der Waals surface area contributed by atoms with Gasteiger partial charge in [-0.3, -0.25) is 5.84 Å². The Kier molecular flexibility index (Phi) is 3.96. The van der Waals surface area contributed by atoms with Crippen LogP contribution in [0, 0.1) is 5.82 Å². The predicted octanol–water partition coefficient (Wildman–Crippen LogP) is 3.85. The highest BCUT2D eigenvalue weighted by atomic mass is 32.2. The van der Waals surface area contributed by atoms with E-state index in [1.807, 2.05) is 42.7 Å². The van der Waals surface area contributed by atoms with Crippen molar-refractivity contribution < 1.29 is 8.81 Å². The Morgan fingerprint density at radius 2 is 2.00 bits per heavy atom. The van der Waals surface area contributed by atoms with Crippen molar-refractivity contribution in [3.8, 4) is 0 Å². The van der Waals surface area contributed by atoms with Crippen molar-refractivity contribution >= 4 is 22.7 Å². The number of hydrogen-bond donors (Lipinski definition) is 2. The van der Waals surface area contributed by atoms with E-state index in [0.29, 0.717) is 5.76 Å². The molecule has 1 atom stereocenters. The van der Waals surface area contributed by atoms with Gasteiger partial charge in [0, 0.05) is 10.3 Å². The van der Waals surface area contributed by atoms with E-state index in [1.165, 1.54) is 6.07 Å². The maximum atomic E-state index is 13.8. The van der Waals surface area contributed by atoms with Crippen LogP contribution in [0.2, 0.25) is 0 Å². The fourth-order valence-electron chi connectivity index (χ4n) is 2.42. The number of halogens is 1. The lowest BCUT2D eigenvalue weighted by Gasteiger charge is -2.16. The lowest BCUT2D eigenvalue weighted by atomic mass is 10.0. The van der Waals surface area contributed by atoms with Crippen LogP contribution in [0.4, 0.5) is 4.39 Å². The molecule has 0 aliphatic rings. The van der Waals surface area contributed by atoms with E-state index in [2.05, 4.69) is 5.43 Å². The van der Waals surface area contributed by atoms with Crippen molar-refractivity contribution in [3.05, 3.63) is 65.7 Å². The number of nitrogens with two attached hydrogens (primary N) is 1. The molecule has 3 aromatic rings. The summed E-state index contributed by atoms with van der Waals surface area (Å²) in [6.45, 7) is 0. The quantitative estimate of drug-likeness (QED) is 0.437. The molecule has 5 heteroatoms. The minimum absolute atomic E-state index is 0.259. The fraction of sp³-hybridized carbons (Fsp3) is 0.125. The van der Waals surface area contributed by atoms with Crippen LogP contribution in [0.5, 0.6) is 0 Å². The molecule has 0 bridgehead atoms. The second kappa shape index (κ2) is 5.89. The van der Waals surface area contributed by atoms with Gasteiger partial charge in [-0.1, -0.05) is 30.3 Å². The van der Waals surface area contributed by atoms with Gasteiger partial charge in [-0.15, -0.1) is 11.8 Å². The van der Waals surface area contributed by atoms with Crippen LogP contribution in [0.15, 0.2) is 57.8 Å². The first-order valence-corrected chi connectivity index (χ1v) is 7.74. The van der Waals surface area contributed by atoms with Gasteiger partial charge in [0.1, 0.15) is 11.8 Å². The highest BCUT2D eigenvalue weighted by molar-refractivity contribution is 7.98. The SMILES string of the molecule is CSc1ccccc1C(NN)c1cc2cccc(F)c2o1. The van der Waals surface area contributed by atoms with Gasteiger partial charge < -0.3 is 4.42 Å². The Bertz CT molecular complexity index is 772. The summed E-state index contributed by atoms with van der Waals surface area (Å²) >= 11 is 1.63. The second-order valence-corrected chi connectivity index (χ2v) is 5.50. The maximum Gasteiger partial charge on any atom is 0.169 e. The number of hydrazine groups is 1. The van der Waals surface area contributed by atoms with Crippen molar-refractivity contribution in [1.82, 2.24) is 5.43 Å². The van der Waals surface area contributed by atoms with Crippen molar-refractivity contribution in [3.63, 3.8) is 0 Å². The second-order valence-electron chi connectivity index (χ2n) is 4.65. The number of nitrogens with one attached hydrogen (secondary N) is 1. The zero-order valence-corrected chi connectivity index (χ0v) is 12.3. The number of thioether (sulfide) groups is 1. The van der Waals surface area contributed by atoms with Gasteiger partial charge in [-0.2, -0.15) is 0 Å². The minimum atomic E-state index is -0.368. The Morgan fingerprint density at radius 3 is 2.71 bits per heavy atom. The number of rotatable bonds is 4. The molecule has 108 valence electrons. The van der Waals surface area contributed by atoms with Gasteiger partial charge in [-0.05, 0) is 30.0 Å². The Hall–Kier alpha value is -1.82. The minimum Gasteiger partial charge on any atom is -0.456 e. The van der Waals surface area contributed by atoms with Crippen molar-refractivity contribution in [1.29, 1.82) is 0 Å². The molecule has 2 aromatic carbocycles. The number of furan rings is 1. The summed E-state index contributed by atoms with van der Waals surface area (Å²) in [5.41, 5.74) is 4.03. The van der Waals surface area contributed by atoms with E-state index in [-0.39, 0.29) is 17.4 Å². The molecule has 0 aliphatic carbocycles. The van der Waals surface area contributed by atoms with E-state index in [0.717, 1.165) is 15.8 Å². The van der Waals surface area contributed by atoms with E-state index >= 15 is 0 Å². The number of benzene rings is 2. The maximum absolute atomic E-state index is 13.8. The average molecular weight is 302 g/mol. The molecule has 0 saturated heterocycles. The highest BCUT2D eigenvalue weighted by Gasteiger charge is 2.20. The summed E-state index contributed by atoms with van der Waals surface area (Å²) in [6.07, 6.45) is 2.00. The molecule has 3 N–H and O–H groups in total. The molecule has 0 radical (unpaired) electrons. The van der Waals surface area contributed by atoms with E-state index in [4.69, 9.17) is 10.3 Å². The van der Waals surface area contributed by atoms with Gasteiger partial charge >= 0.3 is 0 Å². The first-order valence-electron chi connectivity index (χ1n) is 6.51. The predicted molar refractivity (Wildman–Crippen MR) is 83.6 cm³/mol. The summed E-state index contributed by atoms with van der Waals surface area (Å²) in [5.74, 6) is 5.94. The summed E-state index contributed by atoms with van der Waals surface area (Å²) in [4.78, 5) is 1.10. The van der Waals surface area contributed by atoms with Crippen LogP contribution >= 0.6 is 11.8 Å². The normalized spacial score (nSPS) is 12.7. The van der Waals surface area contributed by atoms with E-state index in [1.54, 1.807) is 17.8 Å². The van der Waals surface area contributed by atoms with Gasteiger partial charge in [0.15, 0.2) is 11.4 Å². The molecule has 21 heavy (non-hydrogen) atoms. The van der Waals surface area contributed by atoms with Gasteiger partial charge in [0.2, 0.25) is 0 Å². The van der Waals surface area contributed by atoms with Crippen LogP contribution in [0.3, 0.4) is 0 Å². The molecule has 3 rings (SSSR count). The van der Waals surface area contributed by atoms with Crippen molar-refractivity contribution in [2.75, 3.05) is 6.26 Å². The molecule has 1 unspecified atom stereocenters. The van der Waals surface area contributed by atoms with Gasteiger partial charge in [0.25, 0.3) is 0 Å². The summed E-state index contributed by atoms with van der Waals surface area (Å²) in [7, 11) is 0. The van der Waals surface area contributed by atoms with Crippen LogP contribution in [-0.2, 0) is 0 Å². The summed E-state index contributed by atoms with van der Waals surface area (Å²) in [5, 5.41) is 0.729. The zero-order valence-electron chi connectivity index (χ0n) is 11.5. The third-order valence-corrected chi connectivity index (χ3v) is 4.23. The highest BCUT2D eigenvalue weighted by Crippen LogP contribution is 2.33. The summed E-state index contributed by atoms with van der Waals surface area (Å²) in [6, 6.07) is 14.3. The number of para-hydroxylation sites is 1. The van der Waals surface area contributed by atoms with Crippen LogP contribution < -0.4 is 11.3 Å². The van der Waals surface area contributed by atoms with Crippen LogP contribution in [0.1, 0.15) is 17.4 Å². The van der Waals surface area contributed by atoms with Crippen LogP contribution in [0.25, 0.3) is 11.0 Å². The smallest absolute Gasteiger partial charge is 0.169 e. The Balaban J connectivity index is 2.12. The average Bonchev–Trinajstić information content (AvgIpc) is 2.94. The Labute approximate surface area is 126 Å². The summed E-state index contributed by atoms with van der Waals surface area (Å²) < 4.78 is 19.4. The molecular formula is C16H15FN2OS. The molecule has 0 amide bonds. The lowest BCUT2D eigenvalue weighted by molar-refractivity contribution is 0.462. The molecular weight excluding hydrogens is 287 g/mol. The standard InChI is InChI=1S/C16H15FN2OS/c1-21-14-8-3-2-6-11(14)15(19-18)13-9-10-5-4-7-12(17)16(10)20-13/h2-9,15,19H,18H2,1H3. The third-order valence-electron chi connectivity index (χ3n) is 3.42. The fourth-order valence-corrected chi connectivity index (χ4v) is 3.06. The molecule has 0 fully saturated rings. The van der Waals surface area contributed by atoms with Crippen molar-refractivity contribution in [2.24, 2.45) is 5.84 Å². The molecule has 0 aliphatic heterocycles. The van der Waals surface area contributed by atoms with E-state index < -0.39 is 0 Å². The first-order chi connectivity index (χ1) is 10.2. The molecule has 0 spiro atoms. The van der Waals surface area contributed by atoms with E-state index in [9.17, 15) is 4.39 Å². The van der Waals surface area contributed by atoms with Gasteiger partial charge in [-0.25, -0.2) is 9.82 Å². The molecule has 1 aromatic heterocycles. The first kappa shape index (κ1) is 14.1. The zero-order chi connectivity index (χ0) is 14.8. The monoisotopic (exact) mass is 302 g/mol. The number of fused-ring (bicyclic) bond motifs is 1. The lowest BCUT2D eigenvalue weighted by Crippen LogP contribution is -2.28. The largest absolute Gasteiger partial charge is 0.456 e. The third kappa shape index (κ3) is 2.55. The van der Waals surface area contributed by atoms with Gasteiger partial charge in [0.05, 0.1) is 0 Å².